The molecule has 0 saturated heterocycles. The summed E-state index contributed by atoms with van der Waals surface area (Å²) in [5.41, 5.74) is 1.47. The molecule has 1 atom stereocenters. The summed E-state index contributed by atoms with van der Waals surface area (Å²) in [5, 5.41) is 2.70. The van der Waals surface area contributed by atoms with Gasteiger partial charge in [-0.15, -0.1) is 0 Å². The lowest BCUT2D eigenvalue weighted by atomic mass is 10.1. The van der Waals surface area contributed by atoms with E-state index in [1.54, 1.807) is 18.2 Å². The molecule has 1 amide bonds. The van der Waals surface area contributed by atoms with E-state index in [4.69, 9.17) is 18.9 Å². The van der Waals surface area contributed by atoms with Gasteiger partial charge in [-0.1, -0.05) is 18.2 Å². The van der Waals surface area contributed by atoms with E-state index in [1.165, 1.54) is 6.92 Å². The van der Waals surface area contributed by atoms with E-state index in [2.05, 4.69) is 5.32 Å². The van der Waals surface area contributed by atoms with E-state index >= 15 is 0 Å². The van der Waals surface area contributed by atoms with Gasteiger partial charge in [0.15, 0.2) is 17.6 Å². The number of carbonyl (C=O) groups excluding carboxylic acids is 2. The van der Waals surface area contributed by atoms with Crippen molar-refractivity contribution in [3.63, 3.8) is 0 Å². The van der Waals surface area contributed by atoms with E-state index in [0.717, 1.165) is 11.3 Å². The summed E-state index contributed by atoms with van der Waals surface area (Å²) in [5.74, 6) is 1.09. The second-order valence-corrected chi connectivity index (χ2v) is 6.23. The monoisotopic (exact) mass is 385 g/mol. The van der Waals surface area contributed by atoms with Gasteiger partial charge in [-0.05, 0) is 44.0 Å². The van der Waals surface area contributed by atoms with Crippen LogP contribution in [0.4, 0.5) is 5.69 Å². The van der Waals surface area contributed by atoms with Crippen molar-refractivity contribution < 1.29 is 28.5 Å². The summed E-state index contributed by atoms with van der Waals surface area (Å²) >= 11 is 0. The standard InChI is InChI=1S/C21H23NO6/c1-3-25-17-7-5-4-6-15(17)8-11-20(23)28-14(2)21(24)22-16-9-10-18-19(12-16)27-13-26-18/h4-7,9-10,12,14H,3,8,11,13H2,1-2H3,(H,22,24)/t14-/m1/s1. The van der Waals surface area contributed by atoms with E-state index in [0.29, 0.717) is 30.2 Å². The highest BCUT2D eigenvalue weighted by Crippen LogP contribution is 2.34. The van der Waals surface area contributed by atoms with Crippen LogP contribution in [-0.4, -0.2) is 31.4 Å². The van der Waals surface area contributed by atoms with Gasteiger partial charge in [0, 0.05) is 18.2 Å². The number of para-hydroxylation sites is 1. The molecule has 148 valence electrons. The fourth-order valence-electron chi connectivity index (χ4n) is 2.77. The van der Waals surface area contributed by atoms with Crippen molar-refractivity contribution in [2.45, 2.75) is 32.8 Å². The Morgan fingerprint density at radius 2 is 1.93 bits per heavy atom. The number of ether oxygens (including phenoxy) is 4. The first kappa shape index (κ1) is 19.5. The highest BCUT2D eigenvalue weighted by molar-refractivity contribution is 5.95. The fraction of sp³-hybridized carbons (Fsp3) is 0.333. The molecule has 0 unspecified atom stereocenters. The Hall–Kier alpha value is -3.22. The maximum atomic E-state index is 12.3. The second kappa shape index (κ2) is 9.12. The highest BCUT2D eigenvalue weighted by atomic mass is 16.7. The zero-order valence-corrected chi connectivity index (χ0v) is 15.9. The van der Waals surface area contributed by atoms with Gasteiger partial charge in [0.25, 0.3) is 5.91 Å². The first-order chi connectivity index (χ1) is 13.6. The number of hydrogen-bond donors (Lipinski definition) is 1. The number of esters is 1. The van der Waals surface area contributed by atoms with Gasteiger partial charge in [-0.2, -0.15) is 0 Å². The summed E-state index contributed by atoms with van der Waals surface area (Å²) in [6.45, 7) is 4.16. The van der Waals surface area contributed by atoms with Crippen LogP contribution in [0.5, 0.6) is 17.2 Å². The minimum atomic E-state index is -0.917. The third kappa shape index (κ3) is 4.94. The van der Waals surface area contributed by atoms with E-state index in [9.17, 15) is 9.59 Å². The van der Waals surface area contributed by atoms with Crippen LogP contribution in [0.1, 0.15) is 25.8 Å². The van der Waals surface area contributed by atoms with E-state index in [1.807, 2.05) is 31.2 Å². The lowest BCUT2D eigenvalue weighted by Crippen LogP contribution is -2.30. The molecule has 0 spiro atoms. The highest BCUT2D eigenvalue weighted by Gasteiger charge is 2.20. The Balaban J connectivity index is 1.49. The molecule has 0 saturated carbocycles. The van der Waals surface area contributed by atoms with E-state index in [-0.39, 0.29) is 13.2 Å². The van der Waals surface area contributed by atoms with Crippen LogP contribution in [0, 0.1) is 0 Å². The van der Waals surface area contributed by atoms with Gasteiger partial charge in [-0.25, -0.2) is 0 Å². The number of benzene rings is 2. The van der Waals surface area contributed by atoms with Gasteiger partial charge >= 0.3 is 5.97 Å². The first-order valence-electron chi connectivity index (χ1n) is 9.17. The Kier molecular flexibility index (Phi) is 6.37. The van der Waals surface area contributed by atoms with Crippen molar-refractivity contribution in [3.8, 4) is 17.2 Å². The molecule has 0 radical (unpaired) electrons. The smallest absolute Gasteiger partial charge is 0.306 e. The lowest BCUT2D eigenvalue weighted by molar-refractivity contribution is -0.153. The van der Waals surface area contributed by atoms with Gasteiger partial charge in [-0.3, -0.25) is 9.59 Å². The predicted molar refractivity (Wildman–Crippen MR) is 103 cm³/mol. The number of carbonyl (C=O) groups is 2. The Labute approximate surface area is 163 Å². The third-order valence-electron chi connectivity index (χ3n) is 4.19. The number of nitrogens with one attached hydrogen (secondary N) is 1. The molecule has 7 nitrogen and oxygen atoms in total. The predicted octanol–water partition coefficient (Wildman–Crippen LogP) is 3.32. The number of amides is 1. The summed E-state index contributed by atoms with van der Waals surface area (Å²) < 4.78 is 21.3. The number of fused-ring (bicyclic) bond motifs is 1. The normalized spacial score (nSPS) is 12.9. The molecule has 0 bridgehead atoms. The first-order valence-corrected chi connectivity index (χ1v) is 9.17. The molecular weight excluding hydrogens is 362 g/mol. The molecule has 2 aromatic rings. The number of aryl methyl sites for hydroxylation is 1. The summed E-state index contributed by atoms with van der Waals surface area (Å²) in [6.07, 6.45) is -0.280. The third-order valence-corrected chi connectivity index (χ3v) is 4.19. The van der Waals surface area contributed by atoms with E-state index < -0.39 is 18.0 Å². The molecule has 1 aliphatic rings. The van der Waals surface area contributed by atoms with Crippen molar-refractivity contribution >= 4 is 17.6 Å². The molecule has 0 aromatic heterocycles. The minimum absolute atomic E-state index is 0.158. The van der Waals surface area contributed by atoms with Gasteiger partial charge in [0.1, 0.15) is 5.75 Å². The van der Waals surface area contributed by atoms with Crippen molar-refractivity contribution in [3.05, 3.63) is 48.0 Å². The SMILES string of the molecule is CCOc1ccccc1CCC(=O)O[C@H](C)C(=O)Nc1ccc2c(c1)OCO2. The summed E-state index contributed by atoms with van der Waals surface area (Å²) in [4.78, 5) is 24.4. The minimum Gasteiger partial charge on any atom is -0.494 e. The lowest BCUT2D eigenvalue weighted by Gasteiger charge is -2.14. The zero-order valence-electron chi connectivity index (χ0n) is 15.9. The summed E-state index contributed by atoms with van der Waals surface area (Å²) in [7, 11) is 0. The molecule has 0 aliphatic carbocycles. The molecule has 3 rings (SSSR count). The molecule has 2 aromatic carbocycles. The number of hydrogen-bond acceptors (Lipinski definition) is 6. The van der Waals surface area contributed by atoms with Crippen LogP contribution in [0.3, 0.4) is 0 Å². The molecule has 1 N–H and O–H groups in total. The Morgan fingerprint density at radius 1 is 1.14 bits per heavy atom. The average Bonchev–Trinajstić information content (AvgIpc) is 3.15. The van der Waals surface area contributed by atoms with Crippen LogP contribution < -0.4 is 19.5 Å². The van der Waals surface area contributed by atoms with Crippen molar-refractivity contribution in [1.82, 2.24) is 0 Å². The summed E-state index contributed by atoms with van der Waals surface area (Å²) in [6, 6.07) is 12.6. The van der Waals surface area contributed by atoms with Crippen molar-refractivity contribution in [1.29, 1.82) is 0 Å². The largest absolute Gasteiger partial charge is 0.494 e. The van der Waals surface area contributed by atoms with Crippen LogP contribution in [0.2, 0.25) is 0 Å². The van der Waals surface area contributed by atoms with Crippen LogP contribution >= 0.6 is 0 Å². The maximum Gasteiger partial charge on any atom is 0.306 e. The molecule has 0 fully saturated rings. The number of rotatable bonds is 8. The van der Waals surface area contributed by atoms with Gasteiger partial charge in [0.05, 0.1) is 6.61 Å². The molecule has 7 heteroatoms. The second-order valence-electron chi connectivity index (χ2n) is 6.23. The fourth-order valence-corrected chi connectivity index (χ4v) is 2.77. The zero-order chi connectivity index (χ0) is 19.9. The van der Waals surface area contributed by atoms with Crippen LogP contribution in [0.25, 0.3) is 0 Å². The quantitative estimate of drug-likeness (QED) is 0.702. The molecular formula is C21H23NO6. The van der Waals surface area contributed by atoms with Gasteiger partial charge in [0.2, 0.25) is 6.79 Å². The van der Waals surface area contributed by atoms with Crippen LogP contribution in [-0.2, 0) is 20.7 Å². The Bertz CT molecular complexity index is 851. The van der Waals surface area contributed by atoms with Crippen molar-refractivity contribution in [2.75, 3.05) is 18.7 Å². The van der Waals surface area contributed by atoms with Crippen LogP contribution in [0.15, 0.2) is 42.5 Å². The topological polar surface area (TPSA) is 83.1 Å². The average molecular weight is 385 g/mol. The maximum absolute atomic E-state index is 12.3. The molecule has 28 heavy (non-hydrogen) atoms. The Morgan fingerprint density at radius 3 is 2.75 bits per heavy atom. The molecule has 1 heterocycles. The van der Waals surface area contributed by atoms with Crippen molar-refractivity contribution in [2.24, 2.45) is 0 Å². The van der Waals surface area contributed by atoms with Gasteiger partial charge < -0.3 is 24.3 Å². The molecule has 1 aliphatic heterocycles. The number of anilines is 1.